The summed E-state index contributed by atoms with van der Waals surface area (Å²) in [6.45, 7) is 3.70. The Morgan fingerprint density at radius 1 is 1.32 bits per heavy atom. The second-order valence-electron chi connectivity index (χ2n) is 4.98. The largest absolute Gasteiger partial charge is 0.366 e. The van der Waals surface area contributed by atoms with Crippen LogP contribution in [0.1, 0.15) is 32.6 Å². The lowest BCUT2D eigenvalue weighted by Crippen LogP contribution is -2.45. The molecular formula is C13H20Cl2N4. The number of hydrogen-bond acceptors (Lipinski definition) is 4. The van der Waals surface area contributed by atoms with Crippen molar-refractivity contribution in [3.8, 4) is 0 Å². The first-order valence-electron chi connectivity index (χ1n) is 6.82. The molecular weight excluding hydrogens is 283 g/mol. The van der Waals surface area contributed by atoms with Crippen LogP contribution < -0.4 is 10.6 Å². The zero-order chi connectivity index (χ0) is 13.8. The van der Waals surface area contributed by atoms with Crippen molar-refractivity contribution in [2.24, 2.45) is 11.7 Å². The van der Waals surface area contributed by atoms with Gasteiger partial charge in [0, 0.05) is 18.7 Å². The Hall–Kier alpha value is -0.580. The van der Waals surface area contributed by atoms with Crippen LogP contribution >= 0.6 is 23.2 Å². The fraction of sp³-hybridized carbons (Fsp3) is 0.692. The second-order valence-corrected chi connectivity index (χ2v) is 5.72. The van der Waals surface area contributed by atoms with E-state index in [0.717, 1.165) is 18.7 Å². The molecule has 1 aliphatic carbocycles. The number of aromatic nitrogens is 2. The van der Waals surface area contributed by atoms with Crippen LogP contribution in [0.2, 0.25) is 10.3 Å². The summed E-state index contributed by atoms with van der Waals surface area (Å²) in [5.41, 5.74) is 6.79. The van der Waals surface area contributed by atoms with Gasteiger partial charge in [-0.2, -0.15) is 0 Å². The third kappa shape index (κ3) is 3.30. The van der Waals surface area contributed by atoms with E-state index in [1.165, 1.54) is 19.3 Å². The minimum absolute atomic E-state index is 0.373. The lowest BCUT2D eigenvalue weighted by atomic mass is 9.83. The van der Waals surface area contributed by atoms with Crippen LogP contribution in [-0.2, 0) is 0 Å². The van der Waals surface area contributed by atoms with Gasteiger partial charge in [0.2, 0.25) is 0 Å². The summed E-state index contributed by atoms with van der Waals surface area (Å²) in [6, 6.07) is 2.21. The van der Waals surface area contributed by atoms with Crippen LogP contribution in [0.25, 0.3) is 0 Å². The molecule has 19 heavy (non-hydrogen) atoms. The summed E-state index contributed by atoms with van der Waals surface area (Å²) in [6.07, 6.45) is 4.83. The summed E-state index contributed by atoms with van der Waals surface area (Å²) in [7, 11) is 0. The summed E-state index contributed by atoms with van der Waals surface area (Å²) in [5.74, 6) is 0.511. The lowest BCUT2D eigenvalue weighted by molar-refractivity contribution is 0.300. The summed E-state index contributed by atoms with van der Waals surface area (Å²) >= 11 is 12.1. The Balaban J connectivity index is 2.29. The van der Waals surface area contributed by atoms with Gasteiger partial charge in [0.25, 0.3) is 0 Å². The molecule has 0 radical (unpaired) electrons. The Morgan fingerprint density at radius 2 is 2.05 bits per heavy atom. The highest BCUT2D eigenvalue weighted by atomic mass is 35.5. The molecule has 1 aromatic rings. The van der Waals surface area contributed by atoms with Crippen LogP contribution in [0.15, 0.2) is 6.07 Å². The van der Waals surface area contributed by atoms with Gasteiger partial charge in [0.05, 0.1) is 5.69 Å². The van der Waals surface area contributed by atoms with Crippen molar-refractivity contribution in [1.82, 2.24) is 10.2 Å². The van der Waals surface area contributed by atoms with Crippen molar-refractivity contribution in [1.29, 1.82) is 0 Å². The zero-order valence-corrected chi connectivity index (χ0v) is 12.7. The van der Waals surface area contributed by atoms with E-state index in [-0.39, 0.29) is 0 Å². The van der Waals surface area contributed by atoms with Crippen molar-refractivity contribution < 1.29 is 0 Å². The standard InChI is InChI=1S/C13H20Cl2N4/c1-2-19(10-6-4-3-5-9(10)8-16)11-7-12(14)17-18-13(11)15/h7,9-10H,2-6,8,16H2,1H3. The second kappa shape index (κ2) is 6.73. The Morgan fingerprint density at radius 3 is 2.74 bits per heavy atom. The maximum absolute atomic E-state index is 6.17. The van der Waals surface area contributed by atoms with Crippen molar-refractivity contribution in [3.05, 3.63) is 16.4 Å². The van der Waals surface area contributed by atoms with Crippen LogP contribution in [0.3, 0.4) is 0 Å². The smallest absolute Gasteiger partial charge is 0.175 e. The summed E-state index contributed by atoms with van der Waals surface area (Å²) in [4.78, 5) is 2.28. The molecule has 2 unspecified atom stereocenters. The first-order chi connectivity index (χ1) is 9.17. The number of nitrogens with two attached hydrogens (primary N) is 1. The molecule has 6 heteroatoms. The predicted molar refractivity (Wildman–Crippen MR) is 79.9 cm³/mol. The predicted octanol–water partition coefficient (Wildman–Crippen LogP) is 3.13. The number of hydrogen-bond donors (Lipinski definition) is 1. The molecule has 1 saturated carbocycles. The van der Waals surface area contributed by atoms with Crippen molar-refractivity contribution in [2.45, 2.75) is 38.6 Å². The van der Waals surface area contributed by atoms with Gasteiger partial charge in [-0.25, -0.2) is 0 Å². The highest BCUT2D eigenvalue weighted by Gasteiger charge is 2.30. The molecule has 0 amide bonds. The molecule has 0 aliphatic heterocycles. The topological polar surface area (TPSA) is 55.0 Å². The molecule has 1 heterocycles. The molecule has 4 nitrogen and oxygen atoms in total. The number of anilines is 1. The van der Waals surface area contributed by atoms with Gasteiger partial charge >= 0.3 is 0 Å². The molecule has 0 spiro atoms. The fourth-order valence-electron chi connectivity index (χ4n) is 3.00. The molecule has 2 N–H and O–H groups in total. The highest BCUT2D eigenvalue weighted by molar-refractivity contribution is 6.33. The highest BCUT2D eigenvalue weighted by Crippen LogP contribution is 2.34. The van der Waals surface area contributed by atoms with Crippen LogP contribution in [0.4, 0.5) is 5.69 Å². The molecule has 106 valence electrons. The maximum atomic E-state index is 6.17. The van der Waals surface area contributed by atoms with Crippen molar-refractivity contribution in [2.75, 3.05) is 18.0 Å². The molecule has 0 bridgehead atoms. The van der Waals surface area contributed by atoms with Crippen molar-refractivity contribution in [3.63, 3.8) is 0 Å². The molecule has 1 fully saturated rings. The average molecular weight is 303 g/mol. The van der Waals surface area contributed by atoms with E-state index in [2.05, 4.69) is 22.0 Å². The molecule has 0 saturated heterocycles. The summed E-state index contributed by atoms with van der Waals surface area (Å²) < 4.78 is 0. The monoisotopic (exact) mass is 302 g/mol. The Labute approximate surface area is 124 Å². The van der Waals surface area contributed by atoms with E-state index >= 15 is 0 Å². The number of halogens is 2. The number of nitrogens with zero attached hydrogens (tertiary/aromatic N) is 3. The van der Waals surface area contributed by atoms with E-state index in [1.807, 2.05) is 0 Å². The molecule has 1 aliphatic rings. The Bertz CT molecular complexity index is 427. The van der Waals surface area contributed by atoms with E-state index in [0.29, 0.717) is 28.8 Å². The zero-order valence-electron chi connectivity index (χ0n) is 11.1. The van der Waals surface area contributed by atoms with Crippen LogP contribution in [0.5, 0.6) is 0 Å². The SMILES string of the molecule is CCN(c1cc(Cl)nnc1Cl)C1CCCCC1CN. The lowest BCUT2D eigenvalue weighted by Gasteiger charge is -2.40. The first kappa shape index (κ1) is 14.8. The Kier molecular flexibility index (Phi) is 5.25. The van der Waals surface area contributed by atoms with Gasteiger partial charge in [-0.15, -0.1) is 10.2 Å². The average Bonchev–Trinajstić information content (AvgIpc) is 2.44. The van der Waals surface area contributed by atoms with Gasteiger partial charge in [0.1, 0.15) is 0 Å². The maximum Gasteiger partial charge on any atom is 0.175 e. The van der Waals surface area contributed by atoms with Gasteiger partial charge in [-0.05, 0) is 32.2 Å². The van der Waals surface area contributed by atoms with Gasteiger partial charge in [-0.3, -0.25) is 0 Å². The van der Waals surface area contributed by atoms with E-state index < -0.39 is 0 Å². The molecule has 1 aromatic heterocycles. The quantitative estimate of drug-likeness (QED) is 0.928. The first-order valence-corrected chi connectivity index (χ1v) is 7.58. The third-order valence-corrected chi connectivity index (χ3v) is 4.38. The normalized spacial score (nSPS) is 23.4. The molecule has 2 atom stereocenters. The molecule has 2 rings (SSSR count). The van der Waals surface area contributed by atoms with Crippen molar-refractivity contribution >= 4 is 28.9 Å². The van der Waals surface area contributed by atoms with Crippen LogP contribution in [0, 0.1) is 5.92 Å². The fourth-order valence-corrected chi connectivity index (χ4v) is 3.34. The minimum atomic E-state index is 0.373. The van der Waals surface area contributed by atoms with Gasteiger partial charge in [-0.1, -0.05) is 36.0 Å². The third-order valence-electron chi connectivity index (χ3n) is 3.92. The molecule has 0 aromatic carbocycles. The van der Waals surface area contributed by atoms with E-state index in [4.69, 9.17) is 28.9 Å². The van der Waals surface area contributed by atoms with Gasteiger partial charge in [0.15, 0.2) is 10.3 Å². The van der Waals surface area contributed by atoms with Crippen LogP contribution in [-0.4, -0.2) is 29.3 Å². The van der Waals surface area contributed by atoms with Gasteiger partial charge < -0.3 is 10.6 Å². The minimum Gasteiger partial charge on any atom is -0.366 e. The van der Waals surface area contributed by atoms with E-state index in [1.54, 1.807) is 6.07 Å². The summed E-state index contributed by atoms with van der Waals surface area (Å²) in [5, 5.41) is 8.46. The van der Waals surface area contributed by atoms with E-state index in [9.17, 15) is 0 Å². The number of rotatable bonds is 4.